The number of nitrogens with one attached hydrogen (secondary N) is 3. The van der Waals surface area contributed by atoms with E-state index < -0.39 is 38.0 Å². The number of hydrogen-bond donors (Lipinski definition) is 3. The molecule has 0 radical (unpaired) electrons. The van der Waals surface area contributed by atoms with Gasteiger partial charge in [-0.2, -0.15) is 0 Å². The van der Waals surface area contributed by atoms with Crippen molar-refractivity contribution in [2.75, 3.05) is 27.2 Å². The molecular formula is C23H26FN3O5S2. The van der Waals surface area contributed by atoms with Gasteiger partial charge in [0.2, 0.25) is 15.9 Å². The van der Waals surface area contributed by atoms with Crippen molar-refractivity contribution >= 4 is 53.8 Å². The van der Waals surface area contributed by atoms with Crippen LogP contribution in [-0.4, -0.2) is 35.2 Å². The second-order valence-corrected chi connectivity index (χ2v) is 12.0. The number of fused-ring (bicyclic) bond motifs is 1. The number of amides is 1. The van der Waals surface area contributed by atoms with Gasteiger partial charge in [-0.15, -0.1) is 0 Å². The van der Waals surface area contributed by atoms with Gasteiger partial charge in [-0.3, -0.25) is 14.2 Å². The monoisotopic (exact) mass is 507 g/mol. The molecule has 0 aliphatic heterocycles. The third kappa shape index (κ3) is 5.65. The fraction of sp³-hybridized carbons (Fsp3) is 0.261. The maximum atomic E-state index is 13.1. The molecule has 0 bridgehead atoms. The topological polar surface area (TPSA) is 121 Å². The van der Waals surface area contributed by atoms with Gasteiger partial charge in [0.25, 0.3) is 10.0 Å². The van der Waals surface area contributed by atoms with E-state index in [4.69, 9.17) is 0 Å². The Hall–Kier alpha value is -3.18. The van der Waals surface area contributed by atoms with Crippen LogP contribution in [0.25, 0.3) is 10.8 Å². The summed E-state index contributed by atoms with van der Waals surface area (Å²) in [5.74, 6) is -0.612. The lowest BCUT2D eigenvalue weighted by atomic mass is 9.94. The first-order chi connectivity index (χ1) is 15.9. The van der Waals surface area contributed by atoms with E-state index in [1.54, 1.807) is 24.3 Å². The molecular weight excluding hydrogens is 481 g/mol. The maximum Gasteiger partial charge on any atom is 0.262 e. The van der Waals surface area contributed by atoms with E-state index in [9.17, 15) is 26.0 Å². The Morgan fingerprint density at radius 2 is 1.44 bits per heavy atom. The van der Waals surface area contributed by atoms with Crippen LogP contribution in [0.15, 0.2) is 65.6 Å². The van der Waals surface area contributed by atoms with Crippen LogP contribution in [0, 0.1) is 5.41 Å². The predicted octanol–water partition coefficient (Wildman–Crippen LogP) is 4.34. The van der Waals surface area contributed by atoms with Crippen LogP contribution in [0.1, 0.15) is 20.8 Å². The molecule has 0 saturated carbocycles. The Kier molecular flexibility index (Phi) is 7.18. The average Bonchev–Trinajstić information content (AvgIpc) is 2.79. The Morgan fingerprint density at radius 1 is 0.853 bits per heavy atom. The summed E-state index contributed by atoms with van der Waals surface area (Å²) in [7, 11) is -7.58. The zero-order chi connectivity index (χ0) is 25.1. The summed E-state index contributed by atoms with van der Waals surface area (Å²) < 4.78 is 68.3. The fourth-order valence-electron chi connectivity index (χ4n) is 3.04. The third-order valence-corrected chi connectivity index (χ3v) is 7.89. The molecule has 3 rings (SSSR count). The zero-order valence-corrected chi connectivity index (χ0v) is 20.6. The Balaban J connectivity index is 1.88. The first-order valence-corrected chi connectivity index (χ1v) is 13.5. The lowest BCUT2D eigenvalue weighted by Crippen LogP contribution is -2.32. The number of carbonyl (C=O) groups excluding carboxylic acids is 1. The smallest absolute Gasteiger partial charge is 0.262 e. The summed E-state index contributed by atoms with van der Waals surface area (Å²) in [5, 5.41) is 3.39. The molecule has 3 aromatic carbocycles. The van der Waals surface area contributed by atoms with Gasteiger partial charge in [0.1, 0.15) is 6.67 Å². The highest BCUT2D eigenvalue weighted by Gasteiger charge is 2.27. The minimum atomic E-state index is -4.03. The van der Waals surface area contributed by atoms with E-state index in [1.807, 2.05) is 0 Å². The molecule has 0 atom stereocenters. The largest absolute Gasteiger partial charge is 0.326 e. The summed E-state index contributed by atoms with van der Waals surface area (Å²) in [6.07, 6.45) is 0. The van der Waals surface area contributed by atoms with Crippen molar-refractivity contribution in [3.8, 4) is 0 Å². The number of anilines is 3. The number of halogens is 1. The van der Waals surface area contributed by atoms with Crippen LogP contribution in [0.4, 0.5) is 21.5 Å². The second kappa shape index (κ2) is 9.59. The van der Waals surface area contributed by atoms with Crippen LogP contribution in [-0.2, 0) is 24.8 Å². The highest BCUT2D eigenvalue weighted by molar-refractivity contribution is 7.93. The molecule has 0 fully saturated rings. The highest BCUT2D eigenvalue weighted by atomic mass is 32.2. The van der Waals surface area contributed by atoms with Crippen LogP contribution in [0.2, 0.25) is 0 Å². The lowest BCUT2D eigenvalue weighted by Gasteiger charge is -2.19. The number of alkyl halides is 1. The van der Waals surface area contributed by atoms with Crippen molar-refractivity contribution < 1.29 is 26.0 Å². The van der Waals surface area contributed by atoms with E-state index in [0.717, 1.165) is 0 Å². The molecule has 1 amide bonds. The van der Waals surface area contributed by atoms with Crippen LogP contribution < -0.4 is 14.8 Å². The Labute approximate surface area is 198 Å². The molecule has 0 unspecified atom stereocenters. The quantitative estimate of drug-likeness (QED) is 0.398. The summed E-state index contributed by atoms with van der Waals surface area (Å²) in [6.45, 7) is 3.65. The number of sulfonamides is 2. The molecule has 0 spiro atoms. The summed E-state index contributed by atoms with van der Waals surface area (Å²) in [6, 6.07) is 15.3. The Morgan fingerprint density at radius 3 is 2.06 bits per heavy atom. The minimum absolute atomic E-state index is 0.0235. The molecule has 0 aromatic heterocycles. The van der Waals surface area contributed by atoms with E-state index in [1.165, 1.54) is 57.2 Å². The third-order valence-electron chi connectivity index (χ3n) is 5.16. The molecule has 3 N–H and O–H groups in total. The second-order valence-electron chi connectivity index (χ2n) is 8.32. The van der Waals surface area contributed by atoms with E-state index >= 15 is 0 Å². The normalized spacial score (nSPS) is 12.4. The lowest BCUT2D eigenvalue weighted by molar-refractivity contribution is -0.124. The van der Waals surface area contributed by atoms with Crippen molar-refractivity contribution in [1.29, 1.82) is 0 Å². The van der Waals surface area contributed by atoms with Gasteiger partial charge < -0.3 is 5.32 Å². The number of hydrogen-bond acceptors (Lipinski definition) is 5. The first kappa shape index (κ1) is 25.4. The van der Waals surface area contributed by atoms with Crippen molar-refractivity contribution in [2.24, 2.45) is 5.41 Å². The molecule has 8 nitrogen and oxygen atoms in total. The van der Waals surface area contributed by atoms with Crippen molar-refractivity contribution in [2.45, 2.75) is 25.7 Å². The summed E-state index contributed by atoms with van der Waals surface area (Å²) in [5.41, 5.74) is -0.249. The first-order valence-electron chi connectivity index (χ1n) is 10.4. The van der Waals surface area contributed by atoms with Crippen molar-refractivity contribution in [3.63, 3.8) is 0 Å². The van der Waals surface area contributed by atoms with E-state index in [-0.39, 0.29) is 22.0 Å². The van der Waals surface area contributed by atoms with Crippen molar-refractivity contribution in [3.05, 3.63) is 60.7 Å². The number of rotatable bonds is 9. The van der Waals surface area contributed by atoms with E-state index in [2.05, 4.69) is 14.8 Å². The van der Waals surface area contributed by atoms with Crippen LogP contribution >= 0.6 is 0 Å². The fourth-order valence-corrected chi connectivity index (χ4v) is 4.98. The highest BCUT2D eigenvalue weighted by Crippen LogP contribution is 2.31. The standard InChI is InChI=1S/C23H26FN3O5S2/c1-4-33(29,30)27-20-9-5-8-19-18(20)7-6-10-21(19)34(31,32)26-17-13-11-16(12-14-17)25-22(28)23(2,3)15-24/h5-14,26-27H,4,15H2,1-3H3,(H,25,28). The molecule has 3 aromatic rings. The SMILES string of the molecule is CCS(=O)(=O)Nc1cccc2c(S(=O)(=O)Nc3ccc(NC(=O)C(C)(C)CF)cc3)cccc12. The van der Waals surface area contributed by atoms with Crippen molar-refractivity contribution in [1.82, 2.24) is 0 Å². The van der Waals surface area contributed by atoms with Gasteiger partial charge >= 0.3 is 0 Å². The van der Waals surface area contributed by atoms with Gasteiger partial charge in [-0.05, 0) is 57.2 Å². The molecule has 182 valence electrons. The van der Waals surface area contributed by atoms with Crippen LogP contribution in [0.5, 0.6) is 0 Å². The number of carbonyl (C=O) groups is 1. The molecule has 11 heteroatoms. The van der Waals surface area contributed by atoms with Gasteiger partial charge in [0, 0.05) is 22.1 Å². The molecule has 0 heterocycles. The average molecular weight is 508 g/mol. The molecule has 0 saturated heterocycles. The van der Waals surface area contributed by atoms with Gasteiger partial charge in [-0.1, -0.05) is 24.3 Å². The van der Waals surface area contributed by atoms with E-state index in [0.29, 0.717) is 16.5 Å². The minimum Gasteiger partial charge on any atom is -0.326 e. The summed E-state index contributed by atoms with van der Waals surface area (Å²) in [4.78, 5) is 12.1. The number of benzene rings is 3. The molecule has 0 aliphatic carbocycles. The van der Waals surface area contributed by atoms with Gasteiger partial charge in [-0.25, -0.2) is 21.2 Å². The van der Waals surface area contributed by atoms with Gasteiger partial charge in [0.15, 0.2) is 0 Å². The molecule has 34 heavy (non-hydrogen) atoms. The predicted molar refractivity (Wildman–Crippen MR) is 133 cm³/mol. The summed E-state index contributed by atoms with van der Waals surface area (Å²) >= 11 is 0. The van der Waals surface area contributed by atoms with Gasteiger partial charge in [0.05, 0.1) is 21.8 Å². The maximum absolute atomic E-state index is 13.1. The zero-order valence-electron chi connectivity index (χ0n) is 18.9. The Bertz CT molecular complexity index is 1420. The molecule has 0 aliphatic rings. The van der Waals surface area contributed by atoms with Crippen LogP contribution in [0.3, 0.4) is 0 Å².